The maximum atomic E-state index is 12.4. The summed E-state index contributed by atoms with van der Waals surface area (Å²) in [5, 5.41) is 0. The van der Waals surface area contributed by atoms with Gasteiger partial charge in [0.2, 0.25) is 0 Å². The Morgan fingerprint density at radius 2 is 1.90 bits per heavy atom. The van der Waals surface area contributed by atoms with Crippen LogP contribution in [0.4, 0.5) is 0 Å². The molecule has 0 atom stereocenters. The van der Waals surface area contributed by atoms with E-state index >= 15 is 0 Å². The van der Waals surface area contributed by atoms with Crippen LogP contribution in [-0.4, -0.2) is 48.9 Å². The van der Waals surface area contributed by atoms with Crippen molar-refractivity contribution in [2.24, 2.45) is 0 Å². The first kappa shape index (κ1) is 15.0. The summed E-state index contributed by atoms with van der Waals surface area (Å²) in [5.74, 6) is 0.836. The van der Waals surface area contributed by atoms with Crippen LogP contribution in [0.3, 0.4) is 0 Å². The molecule has 20 heavy (non-hydrogen) atoms. The molecule has 3 heteroatoms. The topological polar surface area (TPSA) is 23.6 Å². The number of amides is 1. The van der Waals surface area contributed by atoms with Gasteiger partial charge in [-0.25, -0.2) is 0 Å². The third-order valence-corrected chi connectivity index (χ3v) is 4.18. The van der Waals surface area contributed by atoms with Crippen LogP contribution in [0, 0.1) is 0 Å². The maximum absolute atomic E-state index is 12.4. The van der Waals surface area contributed by atoms with Crippen molar-refractivity contribution in [2.75, 3.05) is 33.2 Å². The Morgan fingerprint density at radius 3 is 2.50 bits per heavy atom. The zero-order chi connectivity index (χ0) is 14.5. The summed E-state index contributed by atoms with van der Waals surface area (Å²) in [7, 11) is 1.90. The zero-order valence-electron chi connectivity index (χ0n) is 12.9. The van der Waals surface area contributed by atoms with Crippen LogP contribution < -0.4 is 0 Å². The Hall–Kier alpha value is -1.35. The first-order chi connectivity index (χ1) is 9.65. The van der Waals surface area contributed by atoms with Gasteiger partial charge in [0.1, 0.15) is 0 Å². The van der Waals surface area contributed by atoms with Crippen LogP contribution in [-0.2, 0) is 0 Å². The lowest BCUT2D eigenvalue weighted by Gasteiger charge is -2.23. The molecule has 0 saturated heterocycles. The number of nitrogens with zero attached hydrogens (tertiary/aromatic N) is 2. The van der Waals surface area contributed by atoms with Gasteiger partial charge in [0, 0.05) is 25.7 Å². The minimum atomic E-state index is 0.139. The van der Waals surface area contributed by atoms with Crippen LogP contribution in [0.5, 0.6) is 0 Å². The van der Waals surface area contributed by atoms with Gasteiger partial charge in [0.05, 0.1) is 0 Å². The number of carbonyl (C=O) groups is 1. The van der Waals surface area contributed by atoms with E-state index in [-0.39, 0.29) is 5.91 Å². The lowest BCUT2D eigenvalue weighted by molar-refractivity contribution is 0.0779. The van der Waals surface area contributed by atoms with Crippen molar-refractivity contribution in [3.05, 3.63) is 35.4 Å². The summed E-state index contributed by atoms with van der Waals surface area (Å²) in [6, 6.07) is 8.17. The van der Waals surface area contributed by atoms with Crippen molar-refractivity contribution >= 4 is 5.91 Å². The van der Waals surface area contributed by atoms with Crippen LogP contribution in [0.2, 0.25) is 0 Å². The van der Waals surface area contributed by atoms with Crippen LogP contribution >= 0.6 is 0 Å². The summed E-state index contributed by atoms with van der Waals surface area (Å²) in [6.45, 7) is 8.12. The molecule has 3 nitrogen and oxygen atoms in total. The SMILES string of the molecule is CCN(CC)CCN(C)C(=O)c1cccc(C2CC2)c1. The number of likely N-dealkylation sites (N-methyl/N-ethyl adjacent to an activating group) is 2. The quantitative estimate of drug-likeness (QED) is 0.763. The van der Waals surface area contributed by atoms with Gasteiger partial charge < -0.3 is 9.80 Å². The van der Waals surface area contributed by atoms with Gasteiger partial charge in [0.15, 0.2) is 0 Å². The molecule has 1 amide bonds. The number of hydrogen-bond donors (Lipinski definition) is 0. The standard InChI is InChI=1S/C17H26N2O/c1-4-19(5-2)12-11-18(3)17(20)16-8-6-7-15(13-16)14-9-10-14/h6-8,13-14H,4-5,9-12H2,1-3H3. The lowest BCUT2D eigenvalue weighted by atomic mass is 10.1. The molecule has 0 radical (unpaired) electrons. The maximum Gasteiger partial charge on any atom is 0.253 e. The Bertz CT molecular complexity index is 450. The van der Waals surface area contributed by atoms with E-state index in [1.165, 1.54) is 18.4 Å². The highest BCUT2D eigenvalue weighted by Crippen LogP contribution is 2.40. The molecule has 1 fully saturated rings. The van der Waals surface area contributed by atoms with E-state index in [1.807, 2.05) is 24.1 Å². The van der Waals surface area contributed by atoms with E-state index in [4.69, 9.17) is 0 Å². The molecule has 0 aliphatic heterocycles. The summed E-state index contributed by atoms with van der Waals surface area (Å²) in [5.41, 5.74) is 2.16. The highest BCUT2D eigenvalue weighted by molar-refractivity contribution is 5.94. The number of hydrogen-bond acceptors (Lipinski definition) is 2. The Labute approximate surface area is 122 Å². The van der Waals surface area contributed by atoms with Crippen molar-refractivity contribution in [3.8, 4) is 0 Å². The van der Waals surface area contributed by atoms with Gasteiger partial charge in [-0.2, -0.15) is 0 Å². The molecule has 1 aromatic rings. The summed E-state index contributed by atoms with van der Waals surface area (Å²) in [4.78, 5) is 16.6. The predicted octanol–water partition coefficient (Wildman–Crippen LogP) is 2.98. The van der Waals surface area contributed by atoms with E-state index in [1.54, 1.807) is 0 Å². The number of carbonyl (C=O) groups excluding carboxylic acids is 1. The van der Waals surface area contributed by atoms with Crippen molar-refractivity contribution < 1.29 is 4.79 Å². The average Bonchev–Trinajstić information content (AvgIpc) is 3.32. The molecule has 1 aliphatic rings. The van der Waals surface area contributed by atoms with Gasteiger partial charge in [0.25, 0.3) is 5.91 Å². The second-order valence-electron chi connectivity index (χ2n) is 5.65. The molecule has 0 N–H and O–H groups in total. The minimum Gasteiger partial charge on any atom is -0.340 e. The highest BCUT2D eigenvalue weighted by Gasteiger charge is 2.24. The summed E-state index contributed by atoms with van der Waals surface area (Å²) >= 11 is 0. The van der Waals surface area contributed by atoms with E-state index in [0.29, 0.717) is 5.92 Å². The van der Waals surface area contributed by atoms with Gasteiger partial charge in [-0.15, -0.1) is 0 Å². The molecule has 0 bridgehead atoms. The minimum absolute atomic E-state index is 0.139. The second-order valence-corrected chi connectivity index (χ2v) is 5.65. The fourth-order valence-corrected chi connectivity index (χ4v) is 2.50. The predicted molar refractivity (Wildman–Crippen MR) is 83.2 cm³/mol. The normalized spacial score (nSPS) is 14.6. The van der Waals surface area contributed by atoms with Gasteiger partial charge in [-0.1, -0.05) is 26.0 Å². The van der Waals surface area contributed by atoms with Crippen LogP contribution in [0.15, 0.2) is 24.3 Å². The third-order valence-electron chi connectivity index (χ3n) is 4.18. The smallest absolute Gasteiger partial charge is 0.253 e. The number of rotatable bonds is 7. The Kier molecular flexibility index (Phi) is 5.18. The first-order valence-corrected chi connectivity index (χ1v) is 7.73. The molecule has 0 aromatic heterocycles. The highest BCUT2D eigenvalue weighted by atomic mass is 16.2. The van der Waals surface area contributed by atoms with Gasteiger partial charge in [-0.3, -0.25) is 4.79 Å². The van der Waals surface area contributed by atoms with Gasteiger partial charge in [-0.05, 0) is 49.5 Å². The van der Waals surface area contributed by atoms with Crippen molar-refractivity contribution in [2.45, 2.75) is 32.6 Å². The monoisotopic (exact) mass is 274 g/mol. The fraction of sp³-hybridized carbons (Fsp3) is 0.588. The fourth-order valence-electron chi connectivity index (χ4n) is 2.50. The summed E-state index contributed by atoms with van der Waals surface area (Å²) in [6.07, 6.45) is 2.55. The molecule has 1 aromatic carbocycles. The lowest BCUT2D eigenvalue weighted by Crippen LogP contribution is -2.36. The molecule has 0 heterocycles. The molecule has 2 rings (SSSR count). The molecule has 0 unspecified atom stereocenters. The van der Waals surface area contributed by atoms with E-state index in [9.17, 15) is 4.79 Å². The summed E-state index contributed by atoms with van der Waals surface area (Å²) < 4.78 is 0. The van der Waals surface area contributed by atoms with E-state index in [2.05, 4.69) is 30.9 Å². The first-order valence-electron chi connectivity index (χ1n) is 7.73. The Morgan fingerprint density at radius 1 is 1.20 bits per heavy atom. The largest absolute Gasteiger partial charge is 0.340 e. The van der Waals surface area contributed by atoms with Crippen molar-refractivity contribution in [1.82, 2.24) is 9.80 Å². The van der Waals surface area contributed by atoms with Crippen LogP contribution in [0.25, 0.3) is 0 Å². The molecular weight excluding hydrogens is 248 g/mol. The van der Waals surface area contributed by atoms with Crippen molar-refractivity contribution in [1.29, 1.82) is 0 Å². The molecule has 110 valence electrons. The van der Waals surface area contributed by atoms with Crippen molar-refractivity contribution in [3.63, 3.8) is 0 Å². The number of benzene rings is 1. The third kappa shape index (κ3) is 3.83. The average molecular weight is 274 g/mol. The van der Waals surface area contributed by atoms with Gasteiger partial charge >= 0.3 is 0 Å². The van der Waals surface area contributed by atoms with E-state index in [0.717, 1.165) is 31.7 Å². The molecular formula is C17H26N2O. The Balaban J connectivity index is 1.94. The second kappa shape index (κ2) is 6.89. The molecule has 0 spiro atoms. The zero-order valence-corrected chi connectivity index (χ0v) is 12.9. The van der Waals surface area contributed by atoms with Crippen LogP contribution in [0.1, 0.15) is 48.5 Å². The molecule has 1 saturated carbocycles. The molecule has 1 aliphatic carbocycles. The van der Waals surface area contributed by atoms with E-state index < -0.39 is 0 Å².